The Morgan fingerprint density at radius 2 is 1.71 bits per heavy atom. The number of anilines is 1. The molecule has 0 aliphatic carbocycles. The Labute approximate surface area is 167 Å². The number of amides is 1. The molecule has 1 aromatic heterocycles. The predicted molar refractivity (Wildman–Crippen MR) is 111 cm³/mol. The van der Waals surface area contributed by atoms with Gasteiger partial charge in [0.05, 0.1) is 17.8 Å². The minimum atomic E-state index is -0.225. The Balaban J connectivity index is 1.83. The van der Waals surface area contributed by atoms with Crippen molar-refractivity contribution in [3.63, 3.8) is 0 Å². The van der Waals surface area contributed by atoms with Gasteiger partial charge in [-0.25, -0.2) is 4.99 Å². The fourth-order valence-electron chi connectivity index (χ4n) is 2.93. The zero-order valence-corrected chi connectivity index (χ0v) is 15.8. The highest BCUT2D eigenvalue weighted by molar-refractivity contribution is 6.39. The third kappa shape index (κ3) is 3.40. The van der Waals surface area contributed by atoms with E-state index in [1.807, 2.05) is 42.5 Å². The van der Waals surface area contributed by atoms with Crippen LogP contribution in [0.5, 0.6) is 5.75 Å². The lowest BCUT2D eigenvalue weighted by Gasteiger charge is -2.19. The molecule has 1 aliphatic rings. The van der Waals surface area contributed by atoms with Gasteiger partial charge in [0.15, 0.2) is 0 Å². The largest absolute Gasteiger partial charge is 0.497 e. The van der Waals surface area contributed by atoms with Crippen LogP contribution in [-0.4, -0.2) is 23.8 Å². The third-order valence-electron chi connectivity index (χ3n) is 4.32. The van der Waals surface area contributed by atoms with Crippen LogP contribution in [0.1, 0.15) is 11.1 Å². The molecule has 0 atom stereocenters. The first-order valence-corrected chi connectivity index (χ1v) is 8.99. The summed E-state index contributed by atoms with van der Waals surface area (Å²) in [6.45, 7) is 0. The minimum absolute atomic E-state index is 0.225. The summed E-state index contributed by atoms with van der Waals surface area (Å²) in [4.78, 5) is 23.4. The van der Waals surface area contributed by atoms with E-state index < -0.39 is 0 Å². The quantitative estimate of drug-likeness (QED) is 0.614. The fourth-order valence-corrected chi connectivity index (χ4v) is 3.15. The monoisotopic (exact) mass is 389 g/mol. The van der Waals surface area contributed by atoms with Crippen LogP contribution >= 0.6 is 11.6 Å². The molecule has 138 valence electrons. The summed E-state index contributed by atoms with van der Waals surface area (Å²) in [5.41, 5.74) is 2.54. The SMILES string of the molecule is COc1ccc(N2C(=O)/C(=C\c3ccncc3)N=C2c2ccccc2Cl)cc1. The van der Waals surface area contributed by atoms with Crippen molar-refractivity contribution in [3.05, 3.63) is 94.9 Å². The van der Waals surface area contributed by atoms with E-state index in [1.54, 1.807) is 48.7 Å². The average Bonchev–Trinajstić information content (AvgIpc) is 3.05. The second-order valence-electron chi connectivity index (χ2n) is 6.06. The maximum atomic E-state index is 13.2. The van der Waals surface area contributed by atoms with E-state index in [0.717, 1.165) is 5.56 Å². The highest BCUT2D eigenvalue weighted by Gasteiger charge is 2.33. The van der Waals surface area contributed by atoms with E-state index in [2.05, 4.69) is 9.98 Å². The predicted octanol–water partition coefficient (Wildman–Crippen LogP) is 4.58. The normalized spacial score (nSPS) is 15.1. The topological polar surface area (TPSA) is 54.8 Å². The van der Waals surface area contributed by atoms with Crippen LogP contribution in [0.3, 0.4) is 0 Å². The molecule has 0 bridgehead atoms. The molecule has 1 amide bonds. The average molecular weight is 390 g/mol. The maximum Gasteiger partial charge on any atom is 0.282 e. The summed E-state index contributed by atoms with van der Waals surface area (Å²) in [5.74, 6) is 0.970. The van der Waals surface area contributed by atoms with E-state index in [-0.39, 0.29) is 5.91 Å². The lowest BCUT2D eigenvalue weighted by molar-refractivity contribution is -0.113. The van der Waals surface area contributed by atoms with Crippen molar-refractivity contribution in [2.45, 2.75) is 0 Å². The van der Waals surface area contributed by atoms with E-state index in [9.17, 15) is 4.79 Å². The number of ether oxygens (including phenoxy) is 1. The van der Waals surface area contributed by atoms with Crippen molar-refractivity contribution in [2.24, 2.45) is 4.99 Å². The minimum Gasteiger partial charge on any atom is -0.497 e. The fraction of sp³-hybridized carbons (Fsp3) is 0.0455. The highest BCUT2D eigenvalue weighted by atomic mass is 35.5. The highest BCUT2D eigenvalue weighted by Crippen LogP contribution is 2.31. The number of hydrogen-bond acceptors (Lipinski definition) is 4. The first-order valence-electron chi connectivity index (χ1n) is 8.61. The molecular weight excluding hydrogens is 374 g/mol. The van der Waals surface area contributed by atoms with Crippen molar-refractivity contribution in [1.29, 1.82) is 0 Å². The number of rotatable bonds is 4. The number of benzene rings is 2. The van der Waals surface area contributed by atoms with Gasteiger partial charge in [-0.15, -0.1) is 0 Å². The van der Waals surface area contributed by atoms with Crippen molar-refractivity contribution < 1.29 is 9.53 Å². The lowest BCUT2D eigenvalue weighted by Crippen LogP contribution is -2.32. The molecule has 0 N–H and O–H groups in total. The molecule has 5 nitrogen and oxygen atoms in total. The lowest BCUT2D eigenvalue weighted by atomic mass is 10.1. The number of aromatic nitrogens is 1. The van der Waals surface area contributed by atoms with Gasteiger partial charge in [0.25, 0.3) is 5.91 Å². The number of carbonyl (C=O) groups is 1. The molecule has 28 heavy (non-hydrogen) atoms. The van der Waals surface area contributed by atoms with Crippen molar-refractivity contribution in [3.8, 4) is 5.75 Å². The number of methoxy groups -OCH3 is 1. The van der Waals surface area contributed by atoms with Crippen LogP contribution in [0.2, 0.25) is 5.02 Å². The molecule has 0 saturated carbocycles. The van der Waals surface area contributed by atoms with E-state index in [1.165, 1.54) is 0 Å². The molecule has 6 heteroatoms. The number of carbonyl (C=O) groups excluding carboxylic acids is 1. The van der Waals surface area contributed by atoms with Crippen LogP contribution in [0.4, 0.5) is 5.69 Å². The molecule has 0 radical (unpaired) electrons. The summed E-state index contributed by atoms with van der Waals surface area (Å²) in [6.07, 6.45) is 5.09. The Bertz CT molecular complexity index is 1080. The molecule has 1 aliphatic heterocycles. The number of pyridine rings is 1. The van der Waals surface area contributed by atoms with Gasteiger partial charge < -0.3 is 4.74 Å². The van der Waals surface area contributed by atoms with Crippen LogP contribution in [0.15, 0.2) is 83.7 Å². The van der Waals surface area contributed by atoms with E-state index in [4.69, 9.17) is 16.3 Å². The molecule has 2 heterocycles. The first-order chi connectivity index (χ1) is 13.7. The number of halogens is 1. The van der Waals surface area contributed by atoms with E-state index in [0.29, 0.717) is 33.6 Å². The molecule has 4 rings (SSSR count). The second-order valence-corrected chi connectivity index (χ2v) is 6.47. The first kappa shape index (κ1) is 17.9. The Kier molecular flexibility index (Phi) is 4.91. The van der Waals surface area contributed by atoms with Crippen LogP contribution < -0.4 is 9.64 Å². The Hall–Kier alpha value is -3.44. The number of nitrogens with zero attached hydrogens (tertiary/aromatic N) is 3. The van der Waals surface area contributed by atoms with Gasteiger partial charge in [-0.1, -0.05) is 23.7 Å². The van der Waals surface area contributed by atoms with Crippen molar-refractivity contribution in [2.75, 3.05) is 12.0 Å². The van der Waals surface area contributed by atoms with Gasteiger partial charge in [0.2, 0.25) is 0 Å². The zero-order valence-electron chi connectivity index (χ0n) is 15.0. The summed E-state index contributed by atoms with van der Waals surface area (Å²) < 4.78 is 5.22. The van der Waals surface area contributed by atoms with Gasteiger partial charge in [0, 0.05) is 18.0 Å². The zero-order chi connectivity index (χ0) is 19.5. The number of amidine groups is 1. The molecule has 0 spiro atoms. The standard InChI is InChI=1S/C22H16ClN3O2/c1-28-17-8-6-16(7-9-17)26-21(18-4-2-3-5-19(18)23)25-20(22(26)27)14-15-10-12-24-13-11-15/h2-14H,1H3/b20-14+. The second kappa shape index (κ2) is 7.66. The molecule has 0 fully saturated rings. The van der Waals surface area contributed by atoms with Gasteiger partial charge in [-0.05, 0) is 60.2 Å². The summed E-state index contributed by atoms with van der Waals surface area (Å²) in [7, 11) is 1.60. The number of hydrogen-bond donors (Lipinski definition) is 0. The Morgan fingerprint density at radius 3 is 2.39 bits per heavy atom. The van der Waals surface area contributed by atoms with Gasteiger partial charge >= 0.3 is 0 Å². The molecular formula is C22H16ClN3O2. The smallest absolute Gasteiger partial charge is 0.282 e. The molecule has 3 aromatic rings. The van der Waals surface area contributed by atoms with Crippen molar-refractivity contribution in [1.82, 2.24) is 4.98 Å². The van der Waals surface area contributed by atoms with E-state index >= 15 is 0 Å². The Morgan fingerprint density at radius 1 is 1.00 bits per heavy atom. The van der Waals surface area contributed by atoms with Gasteiger partial charge in [-0.2, -0.15) is 0 Å². The van der Waals surface area contributed by atoms with Gasteiger partial charge in [-0.3, -0.25) is 14.7 Å². The number of aliphatic imine (C=N–C) groups is 1. The third-order valence-corrected chi connectivity index (χ3v) is 4.64. The van der Waals surface area contributed by atoms with Crippen molar-refractivity contribution >= 4 is 35.1 Å². The summed E-state index contributed by atoms with van der Waals surface area (Å²) in [5, 5.41) is 0.526. The summed E-state index contributed by atoms with van der Waals surface area (Å²) in [6, 6.07) is 18.2. The maximum absolute atomic E-state index is 13.2. The van der Waals surface area contributed by atoms with Crippen LogP contribution in [-0.2, 0) is 4.79 Å². The van der Waals surface area contributed by atoms with Crippen LogP contribution in [0, 0.1) is 0 Å². The van der Waals surface area contributed by atoms with Gasteiger partial charge in [0.1, 0.15) is 17.3 Å². The van der Waals surface area contributed by atoms with Crippen LogP contribution in [0.25, 0.3) is 6.08 Å². The molecule has 2 aromatic carbocycles. The summed E-state index contributed by atoms with van der Waals surface area (Å²) >= 11 is 6.39. The molecule has 0 unspecified atom stereocenters. The molecule has 0 saturated heterocycles.